The van der Waals surface area contributed by atoms with Gasteiger partial charge in [0.05, 0.1) is 7.11 Å². The third-order valence-corrected chi connectivity index (χ3v) is 3.90. The molecule has 4 N–H and O–H groups in total. The molecule has 0 aliphatic carbocycles. The first-order valence-corrected chi connectivity index (χ1v) is 9.52. The second-order valence-electron chi connectivity index (χ2n) is 7.54. The smallest absolute Gasteiger partial charge is 0.411 e. The molecule has 0 spiro atoms. The minimum atomic E-state index is -0.553. The number of hydrogen-bond donors (Lipinski definition) is 3. The number of allylic oxidation sites excluding steroid dienone is 1. The van der Waals surface area contributed by atoms with E-state index in [1.165, 1.54) is 7.11 Å². The van der Waals surface area contributed by atoms with Gasteiger partial charge in [-0.3, -0.25) is 15.6 Å². The number of pyridine rings is 1. The van der Waals surface area contributed by atoms with Crippen LogP contribution in [0.15, 0.2) is 48.8 Å². The van der Waals surface area contributed by atoms with Gasteiger partial charge in [0.1, 0.15) is 5.60 Å². The van der Waals surface area contributed by atoms with Crippen LogP contribution >= 0.6 is 0 Å². The lowest BCUT2D eigenvalue weighted by molar-refractivity contribution is 0.0552. The highest BCUT2D eigenvalue weighted by atomic mass is 16.6. The molecule has 1 heterocycles. The number of methoxy groups -OCH3 is 1. The van der Waals surface area contributed by atoms with Crippen LogP contribution in [0, 0.1) is 0 Å². The molecule has 0 fully saturated rings. The van der Waals surface area contributed by atoms with E-state index < -0.39 is 17.8 Å². The van der Waals surface area contributed by atoms with Crippen molar-refractivity contribution in [3.05, 3.63) is 54.5 Å². The molecule has 0 saturated carbocycles. The van der Waals surface area contributed by atoms with Crippen molar-refractivity contribution in [2.75, 3.05) is 18.2 Å². The van der Waals surface area contributed by atoms with Crippen molar-refractivity contribution >= 4 is 23.6 Å². The Hall–Kier alpha value is -3.55. The number of alkyl carbamates (subject to hydrolysis) is 1. The Labute approximate surface area is 176 Å². The highest BCUT2D eigenvalue weighted by molar-refractivity contribution is 5.87. The summed E-state index contributed by atoms with van der Waals surface area (Å²) in [6.07, 6.45) is 5.50. The molecule has 1 aromatic heterocycles. The average Bonchev–Trinajstić information content (AvgIpc) is 2.66. The van der Waals surface area contributed by atoms with Crippen LogP contribution in [0.4, 0.5) is 21.0 Å². The summed E-state index contributed by atoms with van der Waals surface area (Å²) in [6, 6.07) is 9.12. The number of anilines is 2. The molecule has 0 aliphatic heterocycles. The summed E-state index contributed by atoms with van der Waals surface area (Å²) >= 11 is 0. The van der Waals surface area contributed by atoms with E-state index in [2.05, 4.69) is 20.4 Å². The van der Waals surface area contributed by atoms with E-state index in [9.17, 15) is 9.59 Å². The van der Waals surface area contributed by atoms with Crippen LogP contribution in [0.5, 0.6) is 0 Å². The van der Waals surface area contributed by atoms with Crippen LogP contribution in [0.1, 0.15) is 32.9 Å². The number of rotatable bonds is 6. The molecule has 2 aromatic rings. The Morgan fingerprint density at radius 2 is 1.93 bits per heavy atom. The molecular formula is C22H28N4O4. The molecule has 0 aliphatic rings. The first-order valence-electron chi connectivity index (χ1n) is 9.52. The molecule has 8 nitrogen and oxygen atoms in total. The zero-order chi connectivity index (χ0) is 22.1. The quantitative estimate of drug-likeness (QED) is 0.603. The van der Waals surface area contributed by atoms with Crippen molar-refractivity contribution in [2.45, 2.75) is 39.2 Å². The molecule has 2 amide bonds. The summed E-state index contributed by atoms with van der Waals surface area (Å²) in [6.45, 7) is 5.43. The summed E-state index contributed by atoms with van der Waals surface area (Å²) in [7, 11) is 1.30. The highest BCUT2D eigenvalue weighted by Gasteiger charge is 2.14. The maximum atomic E-state index is 11.6. The van der Waals surface area contributed by atoms with Gasteiger partial charge in [-0.05, 0) is 63.4 Å². The molecule has 8 heteroatoms. The fraction of sp³-hybridized carbons (Fsp3) is 0.318. The number of carbonyl (C=O) groups is 2. The molecule has 0 atom stereocenters. The fourth-order valence-electron chi connectivity index (χ4n) is 2.60. The minimum Gasteiger partial charge on any atom is -0.453 e. The predicted octanol–water partition coefficient (Wildman–Crippen LogP) is 4.48. The van der Waals surface area contributed by atoms with E-state index in [4.69, 9.17) is 10.5 Å². The van der Waals surface area contributed by atoms with Crippen molar-refractivity contribution in [1.29, 1.82) is 0 Å². The topological polar surface area (TPSA) is 116 Å². The van der Waals surface area contributed by atoms with Gasteiger partial charge in [0.15, 0.2) is 0 Å². The molecule has 0 radical (unpaired) electrons. The number of nitrogen functional groups attached to an aromatic ring is 1. The van der Waals surface area contributed by atoms with E-state index in [0.29, 0.717) is 24.2 Å². The number of nitrogens with two attached hydrogens (primary N) is 1. The molecule has 30 heavy (non-hydrogen) atoms. The van der Waals surface area contributed by atoms with Crippen molar-refractivity contribution in [3.63, 3.8) is 0 Å². The monoisotopic (exact) mass is 412 g/mol. The Bertz CT molecular complexity index is 920. The second-order valence-corrected chi connectivity index (χ2v) is 7.54. The normalized spacial score (nSPS) is 11.2. The van der Waals surface area contributed by atoms with Crippen LogP contribution in [-0.4, -0.2) is 29.9 Å². The van der Waals surface area contributed by atoms with Crippen molar-refractivity contribution in [1.82, 2.24) is 10.3 Å². The van der Waals surface area contributed by atoms with Gasteiger partial charge in [-0.2, -0.15) is 0 Å². The van der Waals surface area contributed by atoms with Crippen LogP contribution in [0.3, 0.4) is 0 Å². The molecule has 2 rings (SSSR count). The zero-order valence-corrected chi connectivity index (χ0v) is 17.7. The number of aromatic nitrogens is 1. The van der Waals surface area contributed by atoms with Crippen molar-refractivity contribution < 1.29 is 19.1 Å². The first-order chi connectivity index (χ1) is 14.2. The first kappa shape index (κ1) is 22.7. The van der Waals surface area contributed by atoms with Gasteiger partial charge < -0.3 is 15.2 Å². The van der Waals surface area contributed by atoms with E-state index >= 15 is 0 Å². The van der Waals surface area contributed by atoms with Gasteiger partial charge in [0.2, 0.25) is 0 Å². The number of nitrogens with one attached hydrogen (secondary N) is 2. The number of benzene rings is 1. The van der Waals surface area contributed by atoms with Gasteiger partial charge in [-0.1, -0.05) is 12.1 Å². The second kappa shape index (κ2) is 10.3. The lowest BCUT2D eigenvalue weighted by Gasteiger charge is -2.18. The Balaban J connectivity index is 1.96. The highest BCUT2D eigenvalue weighted by Crippen LogP contribution is 2.29. The molecule has 0 saturated heterocycles. The molecule has 0 unspecified atom stereocenters. The van der Waals surface area contributed by atoms with Crippen LogP contribution in [0.25, 0.3) is 11.1 Å². The lowest BCUT2D eigenvalue weighted by Crippen LogP contribution is -2.29. The van der Waals surface area contributed by atoms with Crippen LogP contribution in [0.2, 0.25) is 0 Å². The number of nitrogens with zero attached hydrogens (tertiary/aromatic N) is 1. The molecule has 160 valence electrons. The van der Waals surface area contributed by atoms with E-state index in [1.807, 2.05) is 45.0 Å². The summed E-state index contributed by atoms with van der Waals surface area (Å²) < 4.78 is 9.74. The molecule has 1 aromatic carbocycles. The predicted molar refractivity (Wildman–Crippen MR) is 117 cm³/mol. The van der Waals surface area contributed by atoms with E-state index in [1.54, 1.807) is 24.5 Å². The largest absolute Gasteiger partial charge is 0.453 e. The van der Waals surface area contributed by atoms with Crippen LogP contribution < -0.4 is 16.4 Å². The van der Waals surface area contributed by atoms with Crippen molar-refractivity contribution in [2.24, 2.45) is 0 Å². The number of aryl methyl sites for hydroxylation is 1. The minimum absolute atomic E-state index is 0.487. The van der Waals surface area contributed by atoms with Gasteiger partial charge in [-0.15, -0.1) is 0 Å². The number of amides is 2. The Morgan fingerprint density at radius 1 is 1.17 bits per heavy atom. The standard InChI is InChI=1S/C22H28N4O4/c1-22(2,3)30-20(27)25-11-6-5-7-16-13-15(10-12-24-16)18-9-8-17(14-19(18)23)26-21(28)29-4/h6,8-14H,5,7,23H2,1-4H3,(H,25,27)(H,26,28). The Kier molecular flexibility index (Phi) is 7.80. The summed E-state index contributed by atoms with van der Waals surface area (Å²) in [4.78, 5) is 27.3. The fourth-order valence-corrected chi connectivity index (χ4v) is 2.60. The average molecular weight is 412 g/mol. The third kappa shape index (κ3) is 7.46. The van der Waals surface area contributed by atoms with E-state index in [0.717, 1.165) is 16.8 Å². The maximum Gasteiger partial charge on any atom is 0.411 e. The third-order valence-electron chi connectivity index (χ3n) is 3.90. The number of hydrogen-bond acceptors (Lipinski definition) is 6. The van der Waals surface area contributed by atoms with Crippen molar-refractivity contribution in [3.8, 4) is 11.1 Å². The van der Waals surface area contributed by atoms with Crippen LogP contribution in [-0.2, 0) is 15.9 Å². The van der Waals surface area contributed by atoms with Gasteiger partial charge in [0.25, 0.3) is 0 Å². The van der Waals surface area contributed by atoms with Gasteiger partial charge >= 0.3 is 12.2 Å². The number of carbonyl (C=O) groups excluding carboxylic acids is 2. The summed E-state index contributed by atoms with van der Waals surface area (Å²) in [5.74, 6) is 0. The zero-order valence-electron chi connectivity index (χ0n) is 17.7. The lowest BCUT2D eigenvalue weighted by atomic mass is 10.0. The maximum absolute atomic E-state index is 11.6. The molecule has 0 bridgehead atoms. The number of ether oxygens (including phenoxy) is 2. The Morgan fingerprint density at radius 3 is 2.60 bits per heavy atom. The van der Waals surface area contributed by atoms with Gasteiger partial charge in [0, 0.05) is 35.0 Å². The summed E-state index contributed by atoms with van der Waals surface area (Å²) in [5, 5.41) is 5.16. The van der Waals surface area contributed by atoms with Gasteiger partial charge in [-0.25, -0.2) is 9.59 Å². The summed E-state index contributed by atoms with van der Waals surface area (Å²) in [5.41, 5.74) is 9.38. The molecular weight excluding hydrogens is 384 g/mol. The SMILES string of the molecule is COC(=O)Nc1ccc(-c2ccnc(CCC=CNC(=O)OC(C)(C)C)c2)c(N)c1. The van der Waals surface area contributed by atoms with E-state index in [-0.39, 0.29) is 0 Å².